The molecule has 0 aliphatic carbocycles. The Hall–Kier alpha value is -4.38. The molecule has 2 saturated heterocycles. The zero-order chi connectivity index (χ0) is 34.8. The zero-order valence-corrected chi connectivity index (χ0v) is 26.0. The Kier molecular flexibility index (Phi) is 10.2. The molecule has 2 aromatic heterocycles. The number of aliphatic hydroxyl groups excluding tert-OH is 1. The average molecular weight is 685 g/mol. The number of ether oxygens (including phenoxy) is 2. The van der Waals surface area contributed by atoms with Crippen LogP contribution in [0.4, 0.5) is 37.8 Å². The molecule has 5 rings (SSSR count). The quantitative estimate of drug-likeness (QED) is 0.308. The maximum absolute atomic E-state index is 14.0. The lowest BCUT2D eigenvalue weighted by Gasteiger charge is -2.40. The van der Waals surface area contributed by atoms with Gasteiger partial charge in [-0.25, -0.2) is 9.67 Å². The average Bonchev–Trinajstić information content (AvgIpc) is 3.40. The monoisotopic (exact) mass is 684 g/mol. The normalized spacial score (nSPS) is 21.0. The number of anilines is 2. The molecule has 48 heavy (non-hydrogen) atoms. The Balaban J connectivity index is 1.16. The van der Waals surface area contributed by atoms with E-state index in [1.165, 1.54) is 25.0 Å². The van der Waals surface area contributed by atoms with Gasteiger partial charge in [0.2, 0.25) is 0 Å². The van der Waals surface area contributed by atoms with Gasteiger partial charge in [-0.05, 0) is 43.2 Å². The number of nitrogens with one attached hydrogen (secondary N) is 1. The van der Waals surface area contributed by atoms with Gasteiger partial charge in [0.05, 0.1) is 49.9 Å². The van der Waals surface area contributed by atoms with Gasteiger partial charge in [0, 0.05) is 38.3 Å². The number of carbonyl (C=O) groups excluding carboxylic acids is 1. The second-order valence-electron chi connectivity index (χ2n) is 11.7. The van der Waals surface area contributed by atoms with Crippen molar-refractivity contribution in [2.75, 3.05) is 43.6 Å². The summed E-state index contributed by atoms with van der Waals surface area (Å²) in [5.74, 6) is 0.439. The van der Waals surface area contributed by atoms with Crippen LogP contribution >= 0.6 is 0 Å². The maximum Gasteiger partial charge on any atom is 0.423 e. The van der Waals surface area contributed by atoms with E-state index in [-0.39, 0.29) is 44.4 Å². The highest BCUT2D eigenvalue weighted by atomic mass is 19.4. The van der Waals surface area contributed by atoms with Crippen LogP contribution < -0.4 is 20.5 Å². The second kappa shape index (κ2) is 14.0. The molecule has 11 nitrogen and oxygen atoms in total. The largest absolute Gasteiger partial charge is 0.497 e. The number of hydrogen-bond donors (Lipinski definition) is 2. The SMILES string of the molecule is COc1ccc(Cn2ncc(N[C@@H](C)CO[C@@H]3CCN([C@H]4CCN(c5ccc(C(F)(F)F)cn5)C[C@@H]4O)C3=O)c(C(F)(F)F)c2=O)cc1. The smallest absolute Gasteiger partial charge is 0.423 e. The Morgan fingerprint density at radius 1 is 1.00 bits per heavy atom. The topological polar surface area (TPSA) is 122 Å². The minimum Gasteiger partial charge on any atom is -0.497 e. The van der Waals surface area contributed by atoms with Gasteiger partial charge in [0.25, 0.3) is 11.5 Å². The van der Waals surface area contributed by atoms with Gasteiger partial charge >= 0.3 is 12.4 Å². The summed E-state index contributed by atoms with van der Waals surface area (Å²) in [5, 5.41) is 17.4. The maximum atomic E-state index is 14.0. The number of piperidine rings is 1. The molecule has 2 N–H and O–H groups in total. The van der Waals surface area contributed by atoms with Crippen molar-refractivity contribution < 1.29 is 45.7 Å². The van der Waals surface area contributed by atoms with E-state index >= 15 is 0 Å². The van der Waals surface area contributed by atoms with Crippen LogP contribution in [0, 0.1) is 0 Å². The molecule has 2 fully saturated rings. The molecular weight excluding hydrogens is 650 g/mol. The molecular formula is C31H34F6N6O5. The number of aromatic nitrogens is 3. The van der Waals surface area contributed by atoms with Gasteiger partial charge in [0.1, 0.15) is 23.2 Å². The molecule has 4 atom stereocenters. The minimum atomic E-state index is -4.98. The molecule has 260 valence electrons. The van der Waals surface area contributed by atoms with Crippen LogP contribution in [0.1, 0.15) is 36.5 Å². The molecule has 2 aliphatic heterocycles. The number of hydrogen-bond acceptors (Lipinski definition) is 9. The third-order valence-electron chi connectivity index (χ3n) is 8.30. The lowest BCUT2D eigenvalue weighted by Crippen LogP contribution is -2.55. The third kappa shape index (κ3) is 7.84. The predicted octanol–water partition coefficient (Wildman–Crippen LogP) is 3.79. The summed E-state index contributed by atoms with van der Waals surface area (Å²) in [6.45, 7) is 1.84. The van der Waals surface area contributed by atoms with Gasteiger partial charge in [-0.1, -0.05) is 12.1 Å². The van der Waals surface area contributed by atoms with E-state index in [0.717, 1.165) is 23.1 Å². The number of rotatable bonds is 10. The molecule has 17 heteroatoms. The van der Waals surface area contributed by atoms with Gasteiger partial charge in [-0.2, -0.15) is 31.4 Å². The molecule has 0 saturated carbocycles. The Morgan fingerprint density at radius 2 is 1.73 bits per heavy atom. The first-order chi connectivity index (χ1) is 22.7. The third-order valence-corrected chi connectivity index (χ3v) is 8.30. The number of halogens is 6. The predicted molar refractivity (Wildman–Crippen MR) is 161 cm³/mol. The lowest BCUT2D eigenvalue weighted by atomic mass is 10.00. The van der Waals surface area contributed by atoms with Crippen molar-refractivity contribution in [2.24, 2.45) is 0 Å². The van der Waals surface area contributed by atoms with Crippen LogP contribution in [0.3, 0.4) is 0 Å². The molecule has 1 amide bonds. The van der Waals surface area contributed by atoms with Gasteiger partial charge in [0.15, 0.2) is 0 Å². The first-order valence-corrected chi connectivity index (χ1v) is 15.1. The van der Waals surface area contributed by atoms with Crippen molar-refractivity contribution in [3.8, 4) is 5.75 Å². The number of pyridine rings is 1. The Morgan fingerprint density at radius 3 is 2.33 bits per heavy atom. The van der Waals surface area contributed by atoms with Crippen molar-refractivity contribution in [1.82, 2.24) is 19.7 Å². The van der Waals surface area contributed by atoms with E-state index in [1.54, 1.807) is 29.2 Å². The summed E-state index contributed by atoms with van der Waals surface area (Å²) in [4.78, 5) is 33.1. The summed E-state index contributed by atoms with van der Waals surface area (Å²) >= 11 is 0. The van der Waals surface area contributed by atoms with Crippen molar-refractivity contribution in [1.29, 1.82) is 0 Å². The fourth-order valence-electron chi connectivity index (χ4n) is 5.85. The molecule has 4 heterocycles. The van der Waals surface area contributed by atoms with Crippen LogP contribution in [-0.2, 0) is 28.4 Å². The number of benzene rings is 1. The first kappa shape index (κ1) is 34.9. The number of aliphatic hydroxyl groups is 1. The van der Waals surface area contributed by atoms with Crippen molar-refractivity contribution in [3.05, 3.63) is 75.8 Å². The Labute approximate surface area is 271 Å². The molecule has 0 spiro atoms. The molecule has 3 aromatic rings. The first-order valence-electron chi connectivity index (χ1n) is 15.1. The van der Waals surface area contributed by atoms with E-state index in [0.29, 0.717) is 24.3 Å². The molecule has 2 aliphatic rings. The number of β-amino-alcohol motifs (C(OH)–C–C–N with tert-alkyl or cyclic N) is 1. The summed E-state index contributed by atoms with van der Waals surface area (Å²) in [6.07, 6.45) is -9.12. The van der Waals surface area contributed by atoms with Crippen LogP contribution in [0.15, 0.2) is 53.6 Å². The van der Waals surface area contributed by atoms with Crippen molar-refractivity contribution >= 4 is 17.4 Å². The standard InChI is InChI=1S/C31H34F6N6O5/c1-18(40-22-14-39-43(29(46)27(22)31(35,36)37)15-19-3-6-21(47-2)7-4-19)17-48-25-10-12-42(28(25)45)23-9-11-41(16-24(23)44)26-8-5-20(13-38-26)30(32,33)34/h3-8,13-14,18,23-25,40,44H,9-12,15-17H2,1-2H3/t18-,23-,24-,25+/m0/s1. The number of nitrogens with zero attached hydrogens (tertiary/aromatic N) is 5. The number of amides is 1. The summed E-state index contributed by atoms with van der Waals surface area (Å²) in [6, 6.07) is 7.30. The lowest BCUT2D eigenvalue weighted by molar-refractivity contribution is -0.141. The number of alkyl halides is 6. The van der Waals surface area contributed by atoms with E-state index in [4.69, 9.17) is 9.47 Å². The number of carbonyl (C=O) groups is 1. The Bertz CT molecular complexity index is 1630. The van der Waals surface area contributed by atoms with Crippen molar-refractivity contribution in [3.63, 3.8) is 0 Å². The van der Waals surface area contributed by atoms with E-state index in [2.05, 4.69) is 15.4 Å². The highest BCUT2D eigenvalue weighted by Crippen LogP contribution is 2.33. The zero-order valence-electron chi connectivity index (χ0n) is 26.0. The molecule has 1 aromatic carbocycles. The van der Waals surface area contributed by atoms with Gasteiger partial charge < -0.3 is 29.7 Å². The summed E-state index contributed by atoms with van der Waals surface area (Å²) in [7, 11) is 1.47. The summed E-state index contributed by atoms with van der Waals surface area (Å²) in [5.41, 5.74) is -3.59. The molecule has 0 unspecified atom stereocenters. The fraction of sp³-hybridized carbons (Fsp3) is 0.484. The minimum absolute atomic E-state index is 0.0493. The summed E-state index contributed by atoms with van der Waals surface area (Å²) < 4.78 is 92.3. The van der Waals surface area contributed by atoms with E-state index in [9.17, 15) is 41.0 Å². The van der Waals surface area contributed by atoms with E-state index < -0.39 is 59.0 Å². The van der Waals surface area contributed by atoms with Crippen LogP contribution in [0.2, 0.25) is 0 Å². The van der Waals surface area contributed by atoms with Crippen LogP contribution in [0.25, 0.3) is 0 Å². The number of methoxy groups -OCH3 is 1. The van der Waals surface area contributed by atoms with Crippen LogP contribution in [0.5, 0.6) is 5.75 Å². The van der Waals surface area contributed by atoms with Gasteiger partial charge in [-0.15, -0.1) is 0 Å². The molecule has 0 radical (unpaired) electrons. The number of likely N-dealkylation sites (tertiary alicyclic amines) is 1. The van der Waals surface area contributed by atoms with Gasteiger partial charge in [-0.3, -0.25) is 9.59 Å². The highest BCUT2D eigenvalue weighted by molar-refractivity contribution is 5.83. The fourth-order valence-corrected chi connectivity index (χ4v) is 5.85. The second-order valence-corrected chi connectivity index (χ2v) is 11.7. The van der Waals surface area contributed by atoms with E-state index in [1.807, 2.05) is 0 Å². The highest BCUT2D eigenvalue weighted by Gasteiger charge is 2.42. The van der Waals surface area contributed by atoms with Crippen LogP contribution in [-0.4, -0.2) is 88.3 Å². The van der Waals surface area contributed by atoms with Crippen molar-refractivity contribution in [2.45, 2.75) is 63.0 Å². The molecule has 0 bridgehead atoms.